The van der Waals surface area contributed by atoms with Crippen LogP contribution in [0.2, 0.25) is 10.0 Å². The van der Waals surface area contributed by atoms with Crippen LogP contribution in [0, 0.1) is 18.5 Å². The van der Waals surface area contributed by atoms with Crippen LogP contribution in [0.15, 0.2) is 60.2 Å². The molecule has 174 valence electrons. The van der Waals surface area contributed by atoms with Gasteiger partial charge in [-0.05, 0) is 112 Å². The molecule has 0 aliphatic heterocycles. The number of amides is 1. The minimum atomic E-state index is -0.562. The molecule has 0 aliphatic rings. The normalized spacial score (nSPS) is 11.0. The largest absolute Gasteiger partial charge is 0.490 e. The summed E-state index contributed by atoms with van der Waals surface area (Å²) in [5.41, 5.74) is 2.03. The van der Waals surface area contributed by atoms with E-state index in [1.165, 1.54) is 12.1 Å². The molecule has 0 fully saturated rings. The Balaban J connectivity index is 1.84. The van der Waals surface area contributed by atoms with Crippen molar-refractivity contribution in [3.63, 3.8) is 0 Å². The van der Waals surface area contributed by atoms with E-state index in [0.29, 0.717) is 46.0 Å². The summed E-state index contributed by atoms with van der Waals surface area (Å²) in [6.07, 6.45) is 1.50. The minimum Gasteiger partial charge on any atom is -0.490 e. The van der Waals surface area contributed by atoms with Crippen LogP contribution in [-0.2, 0) is 11.4 Å². The highest BCUT2D eigenvalue weighted by molar-refractivity contribution is 14.1. The third kappa shape index (κ3) is 7.25. The number of nitrogens with zero attached hydrogens (tertiary/aromatic N) is 1. The highest BCUT2D eigenvalue weighted by atomic mass is 127. The number of benzene rings is 3. The number of hydrogen-bond donors (Lipinski definition) is 1. The number of hydrogen-bond acceptors (Lipinski definition) is 4. The van der Waals surface area contributed by atoms with E-state index >= 15 is 0 Å². The number of carbonyl (C=O) groups is 1. The van der Waals surface area contributed by atoms with Crippen LogP contribution in [0.4, 0.5) is 5.69 Å². The lowest BCUT2D eigenvalue weighted by Gasteiger charge is -2.15. The fourth-order valence-electron chi connectivity index (χ4n) is 2.90. The summed E-state index contributed by atoms with van der Waals surface area (Å²) in [6, 6.07) is 18.3. The molecule has 9 heteroatoms. The Labute approximate surface area is 235 Å². The molecule has 3 aromatic rings. The molecule has 0 saturated carbocycles. The predicted molar refractivity (Wildman–Crippen MR) is 153 cm³/mol. The van der Waals surface area contributed by atoms with Crippen molar-refractivity contribution in [3.8, 4) is 17.6 Å². The standard InChI is InChI=1S/C25H18Cl2I2N2O3/c1-2-33-23-11-16(10-22(29)24(23)34-14-15-3-5-18(28)6-4-15)9-17(13-30)25(32)31-19-7-8-20(26)21(27)12-19/h3-12H,2,14H2,1H3,(H,31,32)/b17-9+. The van der Waals surface area contributed by atoms with Crippen molar-refractivity contribution >= 4 is 86.1 Å². The average molecular weight is 719 g/mol. The molecule has 0 bridgehead atoms. The zero-order chi connectivity index (χ0) is 24.7. The van der Waals surface area contributed by atoms with Crippen molar-refractivity contribution in [2.24, 2.45) is 0 Å². The van der Waals surface area contributed by atoms with Crippen LogP contribution in [0.3, 0.4) is 0 Å². The second-order valence-electron chi connectivity index (χ2n) is 6.93. The summed E-state index contributed by atoms with van der Waals surface area (Å²) in [6.45, 7) is 2.70. The number of nitrogens with one attached hydrogen (secondary N) is 1. The molecular weight excluding hydrogens is 701 g/mol. The molecule has 0 radical (unpaired) electrons. The predicted octanol–water partition coefficient (Wildman–Crippen LogP) is 7.73. The molecular formula is C25H18Cl2I2N2O3. The average Bonchev–Trinajstić information content (AvgIpc) is 2.80. The third-order valence-electron chi connectivity index (χ3n) is 4.48. The SMILES string of the molecule is CCOc1cc(/C=C(\C#N)C(=O)Nc2ccc(Cl)c(Cl)c2)cc(I)c1OCc1ccc(I)cc1. The highest BCUT2D eigenvalue weighted by Gasteiger charge is 2.15. The molecule has 0 unspecified atom stereocenters. The van der Waals surface area contributed by atoms with Gasteiger partial charge in [0.2, 0.25) is 0 Å². The summed E-state index contributed by atoms with van der Waals surface area (Å²) in [4.78, 5) is 12.7. The molecule has 0 aliphatic carbocycles. The molecule has 0 atom stereocenters. The van der Waals surface area contributed by atoms with E-state index in [0.717, 1.165) is 12.7 Å². The molecule has 0 spiro atoms. The molecule has 3 rings (SSSR count). The van der Waals surface area contributed by atoms with E-state index in [1.54, 1.807) is 18.2 Å². The van der Waals surface area contributed by atoms with Gasteiger partial charge in [-0.1, -0.05) is 35.3 Å². The maximum Gasteiger partial charge on any atom is 0.266 e. The van der Waals surface area contributed by atoms with Gasteiger partial charge in [-0.15, -0.1) is 0 Å². The Morgan fingerprint density at radius 1 is 1.06 bits per heavy atom. The van der Waals surface area contributed by atoms with Gasteiger partial charge >= 0.3 is 0 Å². The van der Waals surface area contributed by atoms with Crippen LogP contribution in [0.1, 0.15) is 18.1 Å². The van der Waals surface area contributed by atoms with Gasteiger partial charge in [0.15, 0.2) is 11.5 Å². The van der Waals surface area contributed by atoms with Gasteiger partial charge in [-0.25, -0.2) is 0 Å². The van der Waals surface area contributed by atoms with Gasteiger partial charge in [0.25, 0.3) is 5.91 Å². The van der Waals surface area contributed by atoms with Crippen molar-refractivity contribution in [2.45, 2.75) is 13.5 Å². The van der Waals surface area contributed by atoms with Crippen molar-refractivity contribution in [2.75, 3.05) is 11.9 Å². The van der Waals surface area contributed by atoms with Crippen LogP contribution in [0.25, 0.3) is 6.08 Å². The fraction of sp³-hybridized carbons (Fsp3) is 0.120. The molecule has 3 aromatic carbocycles. The van der Waals surface area contributed by atoms with Crippen molar-refractivity contribution < 1.29 is 14.3 Å². The van der Waals surface area contributed by atoms with E-state index < -0.39 is 5.91 Å². The van der Waals surface area contributed by atoms with E-state index in [4.69, 9.17) is 32.7 Å². The van der Waals surface area contributed by atoms with Crippen LogP contribution >= 0.6 is 68.4 Å². The maximum absolute atomic E-state index is 12.7. The van der Waals surface area contributed by atoms with Crippen molar-refractivity contribution in [1.29, 1.82) is 5.26 Å². The quantitative estimate of drug-likeness (QED) is 0.147. The molecule has 0 saturated heterocycles. The first kappa shape index (κ1) is 26.6. The third-order valence-corrected chi connectivity index (χ3v) is 6.74. The monoisotopic (exact) mass is 718 g/mol. The Bertz CT molecular complexity index is 1270. The van der Waals surface area contributed by atoms with E-state index in [9.17, 15) is 10.1 Å². The number of carbonyl (C=O) groups excluding carboxylic acids is 1. The Morgan fingerprint density at radius 2 is 1.79 bits per heavy atom. The summed E-state index contributed by atoms with van der Waals surface area (Å²) < 4.78 is 13.8. The van der Waals surface area contributed by atoms with Gasteiger partial charge in [0.05, 0.1) is 20.2 Å². The molecule has 0 heterocycles. The zero-order valence-electron chi connectivity index (χ0n) is 17.9. The van der Waals surface area contributed by atoms with Crippen LogP contribution in [0.5, 0.6) is 11.5 Å². The van der Waals surface area contributed by atoms with Crippen LogP contribution < -0.4 is 14.8 Å². The highest BCUT2D eigenvalue weighted by Crippen LogP contribution is 2.35. The number of rotatable bonds is 8. The van der Waals surface area contributed by atoms with Gasteiger partial charge < -0.3 is 14.8 Å². The summed E-state index contributed by atoms with van der Waals surface area (Å²) in [7, 11) is 0. The second-order valence-corrected chi connectivity index (χ2v) is 10.2. The lowest BCUT2D eigenvalue weighted by molar-refractivity contribution is -0.112. The van der Waals surface area contributed by atoms with Gasteiger partial charge in [0, 0.05) is 9.26 Å². The van der Waals surface area contributed by atoms with E-state index in [2.05, 4.69) is 50.5 Å². The topological polar surface area (TPSA) is 71.3 Å². The van der Waals surface area contributed by atoms with Crippen molar-refractivity contribution in [1.82, 2.24) is 0 Å². The summed E-state index contributed by atoms with van der Waals surface area (Å²) >= 11 is 16.3. The van der Waals surface area contributed by atoms with Gasteiger partial charge in [-0.3, -0.25) is 4.79 Å². The molecule has 1 N–H and O–H groups in total. The molecule has 0 aromatic heterocycles. The summed E-state index contributed by atoms with van der Waals surface area (Å²) in [5, 5.41) is 12.9. The minimum absolute atomic E-state index is 0.0723. The zero-order valence-corrected chi connectivity index (χ0v) is 23.7. The first-order valence-corrected chi connectivity index (χ1v) is 12.9. The molecule has 1 amide bonds. The Kier molecular flexibility index (Phi) is 9.88. The van der Waals surface area contributed by atoms with E-state index in [-0.39, 0.29) is 5.57 Å². The van der Waals surface area contributed by atoms with Gasteiger partial charge in [-0.2, -0.15) is 5.26 Å². The van der Waals surface area contributed by atoms with Crippen LogP contribution in [-0.4, -0.2) is 12.5 Å². The smallest absolute Gasteiger partial charge is 0.266 e. The lowest BCUT2D eigenvalue weighted by Crippen LogP contribution is -2.13. The number of halogens is 4. The summed E-state index contributed by atoms with van der Waals surface area (Å²) in [5.74, 6) is 0.582. The first-order chi connectivity index (χ1) is 16.3. The molecule has 34 heavy (non-hydrogen) atoms. The second kappa shape index (κ2) is 12.6. The number of nitriles is 1. The molecule has 5 nitrogen and oxygen atoms in total. The van der Waals surface area contributed by atoms with E-state index in [1.807, 2.05) is 43.3 Å². The Morgan fingerprint density at radius 3 is 2.44 bits per heavy atom. The maximum atomic E-state index is 12.7. The van der Waals surface area contributed by atoms with Crippen molar-refractivity contribution in [3.05, 3.63) is 88.5 Å². The fourth-order valence-corrected chi connectivity index (χ4v) is 4.34. The number of ether oxygens (including phenoxy) is 2. The Hall–Kier alpha value is -2.00. The number of anilines is 1. The first-order valence-electron chi connectivity index (χ1n) is 10.0. The van der Waals surface area contributed by atoms with Gasteiger partial charge in [0.1, 0.15) is 18.2 Å². The lowest BCUT2D eigenvalue weighted by atomic mass is 10.1.